The summed E-state index contributed by atoms with van der Waals surface area (Å²) in [5, 5.41) is 2.52. The number of methoxy groups -OCH3 is 1. The Hall–Kier alpha value is -1.95. The number of amides is 1. The lowest BCUT2D eigenvalue weighted by Crippen LogP contribution is -2.27. The molecule has 0 aliphatic rings. The van der Waals surface area contributed by atoms with Crippen LogP contribution in [0.15, 0.2) is 18.2 Å². The molecule has 1 aromatic carbocycles. The number of carbonyl (C=O) groups is 2. The van der Waals surface area contributed by atoms with E-state index in [0.717, 1.165) is 12.1 Å². The Kier molecular flexibility index (Phi) is 4.79. The fourth-order valence-electron chi connectivity index (χ4n) is 1.27. The minimum absolute atomic E-state index is 0.0323. The summed E-state index contributed by atoms with van der Waals surface area (Å²) >= 11 is 0. The van der Waals surface area contributed by atoms with Crippen LogP contribution >= 0.6 is 0 Å². The van der Waals surface area contributed by atoms with Crippen LogP contribution in [0.5, 0.6) is 0 Å². The lowest BCUT2D eigenvalue weighted by atomic mass is 10.1. The molecule has 0 radical (unpaired) electrons. The second-order valence-corrected chi connectivity index (χ2v) is 3.81. The molecular formula is C12H15FN2O3. The van der Waals surface area contributed by atoms with Crippen LogP contribution in [0.3, 0.4) is 0 Å². The molecule has 0 spiro atoms. The van der Waals surface area contributed by atoms with Gasteiger partial charge in [0.05, 0.1) is 18.4 Å². The number of hydrogen-bond acceptors (Lipinski definition) is 4. The van der Waals surface area contributed by atoms with Gasteiger partial charge in [-0.25, -0.2) is 9.18 Å². The molecule has 0 aliphatic heterocycles. The molecule has 0 bridgehead atoms. The van der Waals surface area contributed by atoms with Crippen LogP contribution < -0.4 is 11.1 Å². The summed E-state index contributed by atoms with van der Waals surface area (Å²) in [4.78, 5) is 23.1. The SMILES string of the molecule is COC(=O)c1cc(F)ccc1NC(=O)C(C)CN. The van der Waals surface area contributed by atoms with E-state index in [0.29, 0.717) is 0 Å². The molecule has 18 heavy (non-hydrogen) atoms. The fourth-order valence-corrected chi connectivity index (χ4v) is 1.27. The molecule has 0 aliphatic carbocycles. The smallest absolute Gasteiger partial charge is 0.340 e. The number of rotatable bonds is 4. The van der Waals surface area contributed by atoms with Crippen LogP contribution in [0.4, 0.5) is 10.1 Å². The predicted molar refractivity (Wildman–Crippen MR) is 64.6 cm³/mol. The second-order valence-electron chi connectivity index (χ2n) is 3.81. The predicted octanol–water partition coefficient (Wildman–Crippen LogP) is 1.15. The van der Waals surface area contributed by atoms with Crippen LogP contribution in [0.25, 0.3) is 0 Å². The van der Waals surface area contributed by atoms with Crippen molar-refractivity contribution >= 4 is 17.6 Å². The van der Waals surface area contributed by atoms with Crippen molar-refractivity contribution in [2.75, 3.05) is 19.0 Å². The van der Waals surface area contributed by atoms with E-state index in [9.17, 15) is 14.0 Å². The molecular weight excluding hydrogens is 239 g/mol. The van der Waals surface area contributed by atoms with Gasteiger partial charge in [0, 0.05) is 12.5 Å². The molecule has 1 rings (SSSR count). The van der Waals surface area contributed by atoms with Crippen molar-refractivity contribution in [1.82, 2.24) is 0 Å². The number of halogens is 1. The van der Waals surface area contributed by atoms with E-state index in [1.807, 2.05) is 0 Å². The quantitative estimate of drug-likeness (QED) is 0.789. The summed E-state index contributed by atoms with van der Waals surface area (Å²) < 4.78 is 17.6. The maximum Gasteiger partial charge on any atom is 0.340 e. The standard InChI is InChI=1S/C12H15FN2O3/c1-7(6-14)11(16)15-10-4-3-8(13)5-9(10)12(17)18-2/h3-5,7H,6,14H2,1-2H3,(H,15,16). The first-order valence-corrected chi connectivity index (χ1v) is 5.38. The van der Waals surface area contributed by atoms with Gasteiger partial charge in [-0.15, -0.1) is 0 Å². The Morgan fingerprint density at radius 2 is 2.17 bits per heavy atom. The third-order valence-corrected chi connectivity index (χ3v) is 2.45. The van der Waals surface area contributed by atoms with Gasteiger partial charge in [-0.1, -0.05) is 6.92 Å². The zero-order valence-electron chi connectivity index (χ0n) is 10.2. The molecule has 0 fully saturated rings. The van der Waals surface area contributed by atoms with Crippen LogP contribution in [0.2, 0.25) is 0 Å². The van der Waals surface area contributed by atoms with Gasteiger partial charge >= 0.3 is 5.97 Å². The maximum absolute atomic E-state index is 13.1. The van der Waals surface area contributed by atoms with Gasteiger partial charge in [-0.05, 0) is 18.2 Å². The Labute approximate surface area is 104 Å². The lowest BCUT2D eigenvalue weighted by molar-refractivity contribution is -0.119. The van der Waals surface area contributed by atoms with Crippen molar-refractivity contribution < 1.29 is 18.7 Å². The Morgan fingerprint density at radius 1 is 1.50 bits per heavy atom. The first-order chi connectivity index (χ1) is 8.49. The molecule has 1 aromatic rings. The molecule has 98 valence electrons. The van der Waals surface area contributed by atoms with Gasteiger partial charge in [-0.2, -0.15) is 0 Å². The summed E-state index contributed by atoms with van der Waals surface area (Å²) in [5.74, 6) is -2.04. The fraction of sp³-hybridized carbons (Fsp3) is 0.333. The number of hydrogen-bond donors (Lipinski definition) is 2. The summed E-state index contributed by atoms with van der Waals surface area (Å²) in [6, 6.07) is 3.46. The summed E-state index contributed by atoms with van der Waals surface area (Å²) in [5.41, 5.74) is 5.53. The average Bonchev–Trinajstić information content (AvgIpc) is 2.38. The Bertz CT molecular complexity index is 463. The molecule has 1 amide bonds. The molecule has 0 saturated carbocycles. The normalized spacial score (nSPS) is 11.8. The average molecular weight is 254 g/mol. The molecule has 5 nitrogen and oxygen atoms in total. The first kappa shape index (κ1) is 14.1. The minimum Gasteiger partial charge on any atom is -0.465 e. The van der Waals surface area contributed by atoms with Crippen LogP contribution in [-0.4, -0.2) is 25.5 Å². The van der Waals surface area contributed by atoms with E-state index in [-0.39, 0.29) is 23.7 Å². The summed E-state index contributed by atoms with van der Waals surface area (Å²) in [6.45, 7) is 1.83. The number of nitrogens with one attached hydrogen (secondary N) is 1. The molecule has 0 aromatic heterocycles. The number of benzene rings is 1. The van der Waals surface area contributed by atoms with Crippen molar-refractivity contribution in [1.29, 1.82) is 0 Å². The van der Waals surface area contributed by atoms with Crippen LogP contribution in [0.1, 0.15) is 17.3 Å². The zero-order chi connectivity index (χ0) is 13.7. The molecule has 3 N–H and O–H groups in total. The second kappa shape index (κ2) is 6.11. The summed E-state index contributed by atoms with van der Waals surface area (Å²) in [6.07, 6.45) is 0. The number of ether oxygens (including phenoxy) is 1. The largest absolute Gasteiger partial charge is 0.465 e. The van der Waals surface area contributed by atoms with E-state index in [2.05, 4.69) is 10.1 Å². The first-order valence-electron chi connectivity index (χ1n) is 5.38. The van der Waals surface area contributed by atoms with Gasteiger partial charge in [0.1, 0.15) is 5.82 Å². The van der Waals surface area contributed by atoms with E-state index >= 15 is 0 Å². The molecule has 0 saturated heterocycles. The van der Waals surface area contributed by atoms with Crippen molar-refractivity contribution in [3.05, 3.63) is 29.6 Å². The lowest BCUT2D eigenvalue weighted by Gasteiger charge is -2.12. The molecule has 1 atom stereocenters. The number of esters is 1. The minimum atomic E-state index is -0.717. The highest BCUT2D eigenvalue weighted by Crippen LogP contribution is 2.18. The monoisotopic (exact) mass is 254 g/mol. The van der Waals surface area contributed by atoms with Crippen molar-refractivity contribution in [3.63, 3.8) is 0 Å². The maximum atomic E-state index is 13.1. The number of carbonyl (C=O) groups excluding carboxylic acids is 2. The van der Waals surface area contributed by atoms with E-state index in [1.54, 1.807) is 6.92 Å². The van der Waals surface area contributed by atoms with E-state index in [1.165, 1.54) is 13.2 Å². The van der Waals surface area contributed by atoms with E-state index < -0.39 is 17.7 Å². The van der Waals surface area contributed by atoms with Crippen molar-refractivity contribution in [2.45, 2.75) is 6.92 Å². The van der Waals surface area contributed by atoms with Gasteiger partial charge in [-0.3, -0.25) is 4.79 Å². The Balaban J connectivity index is 3.01. The van der Waals surface area contributed by atoms with Gasteiger partial charge in [0.15, 0.2) is 0 Å². The van der Waals surface area contributed by atoms with E-state index in [4.69, 9.17) is 5.73 Å². The topological polar surface area (TPSA) is 81.4 Å². The third kappa shape index (κ3) is 3.27. The van der Waals surface area contributed by atoms with Gasteiger partial charge < -0.3 is 15.8 Å². The molecule has 0 heterocycles. The number of anilines is 1. The highest BCUT2D eigenvalue weighted by Gasteiger charge is 2.17. The molecule has 6 heteroatoms. The third-order valence-electron chi connectivity index (χ3n) is 2.45. The highest BCUT2D eigenvalue weighted by atomic mass is 19.1. The van der Waals surface area contributed by atoms with Crippen molar-refractivity contribution in [2.24, 2.45) is 11.7 Å². The summed E-state index contributed by atoms with van der Waals surface area (Å²) in [7, 11) is 1.18. The van der Waals surface area contributed by atoms with Gasteiger partial charge in [0.25, 0.3) is 0 Å². The molecule has 1 unspecified atom stereocenters. The van der Waals surface area contributed by atoms with Crippen LogP contribution in [-0.2, 0) is 9.53 Å². The Morgan fingerprint density at radius 3 is 2.72 bits per heavy atom. The van der Waals surface area contributed by atoms with Crippen molar-refractivity contribution in [3.8, 4) is 0 Å². The zero-order valence-corrected chi connectivity index (χ0v) is 10.2. The number of nitrogens with two attached hydrogens (primary N) is 1. The van der Waals surface area contributed by atoms with Gasteiger partial charge in [0.2, 0.25) is 5.91 Å². The highest BCUT2D eigenvalue weighted by molar-refractivity contribution is 6.01. The van der Waals surface area contributed by atoms with Crippen LogP contribution in [0, 0.1) is 11.7 Å².